The highest BCUT2D eigenvalue weighted by molar-refractivity contribution is 7.14. The fourth-order valence-corrected chi connectivity index (χ4v) is 4.09. The molecule has 3 rings (SSSR count). The Morgan fingerprint density at radius 1 is 1.39 bits per heavy atom. The van der Waals surface area contributed by atoms with Crippen LogP contribution in [0.2, 0.25) is 0 Å². The van der Waals surface area contributed by atoms with Gasteiger partial charge in [-0.15, -0.1) is 11.3 Å². The molecule has 6 heteroatoms. The molecule has 1 N–H and O–H groups in total. The normalized spacial score (nSPS) is 14.3. The highest BCUT2D eigenvalue weighted by Gasteiger charge is 2.16. The Bertz CT molecular complexity index is 639. The summed E-state index contributed by atoms with van der Waals surface area (Å²) in [7, 11) is 1.68. The van der Waals surface area contributed by atoms with Crippen molar-refractivity contribution in [3.63, 3.8) is 0 Å². The fourth-order valence-electron chi connectivity index (χ4n) is 2.92. The van der Waals surface area contributed by atoms with Crippen molar-refractivity contribution in [2.75, 3.05) is 13.7 Å². The Morgan fingerprint density at radius 3 is 3.13 bits per heavy atom. The first-order valence-corrected chi connectivity index (χ1v) is 8.97. The number of methoxy groups -OCH3 is 1. The van der Waals surface area contributed by atoms with Gasteiger partial charge in [-0.05, 0) is 37.3 Å². The number of fused-ring (bicyclic) bond motifs is 1. The van der Waals surface area contributed by atoms with E-state index >= 15 is 0 Å². The highest BCUT2D eigenvalue weighted by Crippen LogP contribution is 2.28. The lowest BCUT2D eigenvalue weighted by molar-refractivity contribution is 0.0954. The van der Waals surface area contributed by atoms with E-state index in [9.17, 15) is 4.79 Å². The number of aryl methyl sites for hydroxylation is 2. The first-order chi connectivity index (χ1) is 11.3. The molecule has 0 saturated heterocycles. The van der Waals surface area contributed by atoms with E-state index in [1.165, 1.54) is 29.7 Å². The number of hydrogen-bond donors (Lipinski definition) is 1. The van der Waals surface area contributed by atoms with Crippen LogP contribution in [0.5, 0.6) is 0 Å². The van der Waals surface area contributed by atoms with Crippen molar-refractivity contribution in [2.24, 2.45) is 0 Å². The molecule has 0 aliphatic heterocycles. The van der Waals surface area contributed by atoms with Crippen LogP contribution >= 0.6 is 11.3 Å². The Kier molecular flexibility index (Phi) is 5.46. The standard InChI is InChI=1S/C17H23N3O2S/c1-22-8-7-20-12-18-10-14(20)11-19-17(21)16-9-13-5-3-2-4-6-15(13)23-16/h9-10,12H,2-8,11H2,1H3,(H,19,21). The molecule has 5 nitrogen and oxygen atoms in total. The first kappa shape index (κ1) is 16.2. The molecular weight excluding hydrogens is 310 g/mol. The van der Waals surface area contributed by atoms with E-state index in [4.69, 9.17) is 4.74 Å². The Morgan fingerprint density at radius 2 is 2.26 bits per heavy atom. The summed E-state index contributed by atoms with van der Waals surface area (Å²) in [5.41, 5.74) is 2.37. The Hall–Kier alpha value is -1.66. The highest BCUT2D eigenvalue weighted by atomic mass is 32.1. The van der Waals surface area contributed by atoms with Gasteiger partial charge in [-0.1, -0.05) is 6.42 Å². The molecule has 23 heavy (non-hydrogen) atoms. The van der Waals surface area contributed by atoms with Crippen LogP contribution in [-0.2, 0) is 30.7 Å². The number of thiophene rings is 1. The quantitative estimate of drug-likeness (QED) is 0.827. The van der Waals surface area contributed by atoms with Crippen LogP contribution in [0, 0.1) is 0 Å². The summed E-state index contributed by atoms with van der Waals surface area (Å²) in [5, 5.41) is 3.01. The van der Waals surface area contributed by atoms with E-state index in [1.807, 2.05) is 4.57 Å². The van der Waals surface area contributed by atoms with Crippen LogP contribution in [0.4, 0.5) is 0 Å². The van der Waals surface area contributed by atoms with E-state index in [0.717, 1.165) is 30.0 Å². The molecule has 2 aromatic rings. The number of aromatic nitrogens is 2. The molecule has 1 aliphatic carbocycles. The number of ether oxygens (including phenoxy) is 1. The summed E-state index contributed by atoms with van der Waals surface area (Å²) >= 11 is 1.66. The van der Waals surface area contributed by atoms with Gasteiger partial charge in [0, 0.05) is 24.7 Å². The molecular formula is C17H23N3O2S. The molecule has 0 spiro atoms. The lowest BCUT2D eigenvalue weighted by Crippen LogP contribution is -2.23. The van der Waals surface area contributed by atoms with Gasteiger partial charge in [0.05, 0.1) is 30.1 Å². The van der Waals surface area contributed by atoms with Crippen molar-refractivity contribution in [2.45, 2.75) is 45.2 Å². The molecule has 0 fully saturated rings. The van der Waals surface area contributed by atoms with E-state index in [0.29, 0.717) is 13.2 Å². The number of imidazole rings is 1. The van der Waals surface area contributed by atoms with Gasteiger partial charge >= 0.3 is 0 Å². The average molecular weight is 333 g/mol. The average Bonchev–Trinajstić information content (AvgIpc) is 3.12. The number of rotatable bonds is 6. The van der Waals surface area contributed by atoms with Gasteiger partial charge in [-0.2, -0.15) is 0 Å². The second-order valence-electron chi connectivity index (χ2n) is 5.87. The van der Waals surface area contributed by atoms with Crippen molar-refractivity contribution in [3.05, 3.63) is 39.6 Å². The van der Waals surface area contributed by atoms with Crippen molar-refractivity contribution in [1.82, 2.24) is 14.9 Å². The molecule has 0 atom stereocenters. The van der Waals surface area contributed by atoms with Gasteiger partial charge in [0.1, 0.15) is 0 Å². The smallest absolute Gasteiger partial charge is 0.261 e. The van der Waals surface area contributed by atoms with Gasteiger partial charge < -0.3 is 14.6 Å². The number of amides is 1. The molecule has 2 heterocycles. The summed E-state index contributed by atoms with van der Waals surface area (Å²) in [4.78, 5) is 18.8. The SMILES string of the molecule is COCCn1cncc1CNC(=O)c1cc2c(s1)CCCCC2. The maximum absolute atomic E-state index is 12.4. The third-order valence-electron chi connectivity index (χ3n) is 4.24. The van der Waals surface area contributed by atoms with Crippen LogP contribution in [0.1, 0.15) is 45.1 Å². The maximum atomic E-state index is 12.4. The number of nitrogens with zero attached hydrogens (tertiary/aromatic N) is 2. The minimum atomic E-state index is 0.0163. The maximum Gasteiger partial charge on any atom is 0.261 e. The zero-order valence-electron chi connectivity index (χ0n) is 13.5. The van der Waals surface area contributed by atoms with Crippen LogP contribution in [0.25, 0.3) is 0 Å². The minimum Gasteiger partial charge on any atom is -0.383 e. The third-order valence-corrected chi connectivity index (χ3v) is 5.47. The van der Waals surface area contributed by atoms with E-state index in [1.54, 1.807) is 31.0 Å². The third kappa shape index (κ3) is 4.00. The number of carbonyl (C=O) groups excluding carboxylic acids is 1. The topological polar surface area (TPSA) is 56.1 Å². The molecule has 2 aromatic heterocycles. The molecule has 0 aromatic carbocycles. The van der Waals surface area contributed by atoms with Crippen molar-refractivity contribution in [1.29, 1.82) is 0 Å². The molecule has 0 unspecified atom stereocenters. The Labute approximate surface area is 140 Å². The summed E-state index contributed by atoms with van der Waals surface area (Å²) in [6.45, 7) is 1.87. The number of nitrogens with one attached hydrogen (secondary N) is 1. The van der Waals surface area contributed by atoms with Gasteiger partial charge in [0.2, 0.25) is 0 Å². The summed E-state index contributed by atoms with van der Waals surface area (Å²) in [5.74, 6) is 0.0163. The second-order valence-corrected chi connectivity index (χ2v) is 7.01. The number of hydrogen-bond acceptors (Lipinski definition) is 4. The summed E-state index contributed by atoms with van der Waals surface area (Å²) < 4.78 is 7.09. The molecule has 0 saturated carbocycles. The van der Waals surface area contributed by atoms with Crippen LogP contribution < -0.4 is 5.32 Å². The second kappa shape index (κ2) is 7.75. The van der Waals surface area contributed by atoms with Gasteiger partial charge in [-0.25, -0.2) is 4.98 Å². The van der Waals surface area contributed by atoms with Gasteiger partial charge in [-0.3, -0.25) is 4.79 Å². The lowest BCUT2D eigenvalue weighted by Gasteiger charge is -2.08. The zero-order chi connectivity index (χ0) is 16.1. The molecule has 1 aliphatic rings. The van der Waals surface area contributed by atoms with E-state index in [2.05, 4.69) is 16.4 Å². The monoisotopic (exact) mass is 333 g/mol. The van der Waals surface area contributed by atoms with E-state index < -0.39 is 0 Å². The fraction of sp³-hybridized carbons (Fsp3) is 0.529. The summed E-state index contributed by atoms with van der Waals surface area (Å²) in [6.07, 6.45) is 9.58. The predicted octanol–water partition coefficient (Wildman–Crippen LogP) is 2.79. The van der Waals surface area contributed by atoms with Gasteiger partial charge in [0.25, 0.3) is 5.91 Å². The molecule has 124 valence electrons. The number of carbonyl (C=O) groups is 1. The molecule has 0 bridgehead atoms. The van der Waals surface area contributed by atoms with Gasteiger partial charge in [0.15, 0.2) is 0 Å². The summed E-state index contributed by atoms with van der Waals surface area (Å²) in [6, 6.07) is 2.09. The largest absolute Gasteiger partial charge is 0.383 e. The zero-order valence-corrected chi connectivity index (χ0v) is 14.3. The molecule has 1 amide bonds. The van der Waals surface area contributed by atoms with Crippen LogP contribution in [-0.4, -0.2) is 29.2 Å². The first-order valence-electron chi connectivity index (χ1n) is 8.15. The van der Waals surface area contributed by atoms with Crippen LogP contribution in [0.15, 0.2) is 18.6 Å². The van der Waals surface area contributed by atoms with Crippen molar-refractivity contribution < 1.29 is 9.53 Å². The van der Waals surface area contributed by atoms with Crippen LogP contribution in [0.3, 0.4) is 0 Å². The lowest BCUT2D eigenvalue weighted by atomic mass is 10.1. The van der Waals surface area contributed by atoms with Crippen molar-refractivity contribution >= 4 is 17.2 Å². The predicted molar refractivity (Wildman–Crippen MR) is 90.9 cm³/mol. The minimum absolute atomic E-state index is 0.0163. The van der Waals surface area contributed by atoms with E-state index in [-0.39, 0.29) is 5.91 Å². The van der Waals surface area contributed by atoms with Crippen molar-refractivity contribution in [3.8, 4) is 0 Å². The Balaban J connectivity index is 1.60. The molecule has 0 radical (unpaired) electrons.